The normalized spacial score (nSPS) is 13.1. The van der Waals surface area contributed by atoms with Crippen LogP contribution in [0.25, 0.3) is 6.08 Å². The van der Waals surface area contributed by atoms with Gasteiger partial charge in [-0.2, -0.15) is 5.26 Å². The average molecular weight is 439 g/mol. The van der Waals surface area contributed by atoms with Gasteiger partial charge in [-0.3, -0.25) is 4.79 Å². The first-order chi connectivity index (χ1) is 15.1. The SMILES string of the molecule is CCCCOc1ccc(C=C(C#N)C(=O)Nc2sc3c(c2C(=O)OC)CCCC3)cc1. The van der Waals surface area contributed by atoms with E-state index < -0.39 is 11.9 Å². The van der Waals surface area contributed by atoms with Gasteiger partial charge in [0.25, 0.3) is 5.91 Å². The topological polar surface area (TPSA) is 88.4 Å². The van der Waals surface area contributed by atoms with Crippen LogP contribution in [0, 0.1) is 11.3 Å². The molecular weight excluding hydrogens is 412 g/mol. The van der Waals surface area contributed by atoms with Crippen LogP contribution >= 0.6 is 11.3 Å². The van der Waals surface area contributed by atoms with E-state index >= 15 is 0 Å². The lowest BCUT2D eigenvalue weighted by Gasteiger charge is -2.11. The fraction of sp³-hybridized carbons (Fsp3) is 0.375. The number of thiophene rings is 1. The van der Waals surface area contributed by atoms with Crippen molar-refractivity contribution in [3.8, 4) is 11.8 Å². The van der Waals surface area contributed by atoms with Gasteiger partial charge >= 0.3 is 5.97 Å². The number of nitrogens with zero attached hydrogens (tertiary/aromatic N) is 1. The number of fused-ring (bicyclic) bond motifs is 1. The van der Waals surface area contributed by atoms with Crippen LogP contribution in [0.2, 0.25) is 0 Å². The molecule has 2 aromatic rings. The number of nitriles is 1. The number of carbonyl (C=O) groups is 2. The number of esters is 1. The smallest absolute Gasteiger partial charge is 0.341 e. The number of carbonyl (C=O) groups excluding carboxylic acids is 2. The van der Waals surface area contributed by atoms with Crippen LogP contribution in [-0.2, 0) is 22.4 Å². The first-order valence-corrected chi connectivity index (χ1v) is 11.3. The number of aryl methyl sites for hydroxylation is 1. The van der Waals surface area contributed by atoms with Crippen molar-refractivity contribution in [3.63, 3.8) is 0 Å². The van der Waals surface area contributed by atoms with E-state index in [9.17, 15) is 14.9 Å². The van der Waals surface area contributed by atoms with Crippen molar-refractivity contribution in [2.75, 3.05) is 19.0 Å². The minimum absolute atomic E-state index is 0.0400. The van der Waals surface area contributed by atoms with E-state index in [2.05, 4.69) is 12.2 Å². The second-order valence-electron chi connectivity index (χ2n) is 7.30. The van der Waals surface area contributed by atoms with Crippen molar-refractivity contribution in [1.82, 2.24) is 0 Å². The predicted molar refractivity (Wildman–Crippen MR) is 121 cm³/mol. The molecule has 1 N–H and O–H groups in total. The van der Waals surface area contributed by atoms with Crippen LogP contribution < -0.4 is 10.1 Å². The van der Waals surface area contributed by atoms with Crippen molar-refractivity contribution in [2.45, 2.75) is 45.4 Å². The summed E-state index contributed by atoms with van der Waals surface area (Å²) < 4.78 is 10.6. The van der Waals surface area contributed by atoms with Crippen molar-refractivity contribution < 1.29 is 19.1 Å². The Labute approximate surface area is 186 Å². The maximum atomic E-state index is 12.8. The second-order valence-corrected chi connectivity index (χ2v) is 8.41. The van der Waals surface area contributed by atoms with Gasteiger partial charge in [0.1, 0.15) is 22.4 Å². The Morgan fingerprint density at radius 3 is 2.65 bits per heavy atom. The van der Waals surface area contributed by atoms with Crippen LogP contribution in [0.4, 0.5) is 5.00 Å². The Morgan fingerprint density at radius 2 is 1.97 bits per heavy atom. The zero-order valence-electron chi connectivity index (χ0n) is 17.8. The number of methoxy groups -OCH3 is 1. The van der Waals surface area contributed by atoms with E-state index in [-0.39, 0.29) is 5.57 Å². The monoisotopic (exact) mass is 438 g/mol. The van der Waals surface area contributed by atoms with Crippen molar-refractivity contribution in [2.24, 2.45) is 0 Å². The van der Waals surface area contributed by atoms with Gasteiger partial charge in [-0.1, -0.05) is 25.5 Å². The Bertz CT molecular complexity index is 1020. The first-order valence-electron chi connectivity index (χ1n) is 10.5. The van der Waals surface area contributed by atoms with Crippen LogP contribution in [-0.4, -0.2) is 25.6 Å². The molecule has 1 heterocycles. The molecule has 1 amide bonds. The standard InChI is InChI=1S/C24H26N2O4S/c1-3-4-13-30-18-11-9-16(10-12-18)14-17(15-25)22(27)26-23-21(24(28)29-2)19-7-5-6-8-20(19)31-23/h9-12,14H,3-8,13H2,1-2H3,(H,26,27). The highest BCUT2D eigenvalue weighted by atomic mass is 32.1. The van der Waals surface area contributed by atoms with E-state index in [1.54, 1.807) is 12.1 Å². The van der Waals surface area contributed by atoms with E-state index in [0.29, 0.717) is 22.7 Å². The van der Waals surface area contributed by atoms with Gasteiger partial charge in [0.2, 0.25) is 0 Å². The number of nitrogens with one attached hydrogen (secondary N) is 1. The number of benzene rings is 1. The number of ether oxygens (including phenoxy) is 2. The van der Waals surface area contributed by atoms with Crippen molar-refractivity contribution in [3.05, 3.63) is 51.4 Å². The van der Waals surface area contributed by atoms with Gasteiger partial charge < -0.3 is 14.8 Å². The highest BCUT2D eigenvalue weighted by Gasteiger charge is 2.27. The quantitative estimate of drug-likeness (QED) is 0.267. The molecule has 0 radical (unpaired) electrons. The molecule has 6 nitrogen and oxygen atoms in total. The summed E-state index contributed by atoms with van der Waals surface area (Å²) in [7, 11) is 1.33. The average Bonchev–Trinajstić information content (AvgIpc) is 3.15. The molecule has 7 heteroatoms. The molecule has 0 unspecified atom stereocenters. The van der Waals surface area contributed by atoms with Crippen molar-refractivity contribution in [1.29, 1.82) is 5.26 Å². The summed E-state index contributed by atoms with van der Waals surface area (Å²) in [5.41, 5.74) is 2.05. The molecule has 0 saturated carbocycles. The number of hydrogen-bond acceptors (Lipinski definition) is 6. The van der Waals surface area contributed by atoms with E-state index in [0.717, 1.165) is 54.7 Å². The molecule has 162 valence electrons. The van der Waals surface area contributed by atoms with Gasteiger partial charge in [-0.05, 0) is 61.4 Å². The maximum absolute atomic E-state index is 12.8. The molecule has 0 aliphatic heterocycles. The molecule has 3 rings (SSSR count). The molecule has 0 fully saturated rings. The van der Waals surface area contributed by atoms with E-state index in [1.165, 1.54) is 24.5 Å². The maximum Gasteiger partial charge on any atom is 0.341 e. The molecular formula is C24H26N2O4S. The fourth-order valence-corrected chi connectivity index (χ4v) is 4.72. The predicted octanol–water partition coefficient (Wildman–Crippen LogP) is 5.14. The number of amides is 1. The number of unbranched alkanes of at least 4 members (excludes halogenated alkanes) is 1. The van der Waals surface area contributed by atoms with E-state index in [1.807, 2.05) is 18.2 Å². The number of rotatable bonds is 8. The Kier molecular flexibility index (Phi) is 7.85. The van der Waals surface area contributed by atoms with E-state index in [4.69, 9.17) is 9.47 Å². The highest BCUT2D eigenvalue weighted by Crippen LogP contribution is 2.38. The molecule has 0 saturated heterocycles. The second kappa shape index (κ2) is 10.8. The molecule has 1 aliphatic carbocycles. The Hall–Kier alpha value is -3.11. The lowest BCUT2D eigenvalue weighted by molar-refractivity contribution is -0.112. The molecule has 0 bridgehead atoms. The summed E-state index contributed by atoms with van der Waals surface area (Å²) in [6.07, 6.45) is 7.31. The number of anilines is 1. The summed E-state index contributed by atoms with van der Waals surface area (Å²) in [4.78, 5) is 26.2. The Balaban J connectivity index is 1.78. The zero-order valence-corrected chi connectivity index (χ0v) is 18.6. The van der Waals surface area contributed by atoms with Crippen LogP contribution in [0.5, 0.6) is 5.75 Å². The molecule has 0 spiro atoms. The van der Waals surface area contributed by atoms with Gasteiger partial charge in [-0.15, -0.1) is 11.3 Å². The molecule has 1 aliphatic rings. The summed E-state index contributed by atoms with van der Waals surface area (Å²) in [6.45, 7) is 2.76. The summed E-state index contributed by atoms with van der Waals surface area (Å²) in [6, 6.07) is 9.19. The lowest BCUT2D eigenvalue weighted by atomic mass is 9.95. The lowest BCUT2D eigenvalue weighted by Crippen LogP contribution is -2.16. The fourth-order valence-electron chi connectivity index (χ4n) is 3.45. The summed E-state index contributed by atoms with van der Waals surface area (Å²) >= 11 is 1.39. The van der Waals surface area contributed by atoms with Gasteiger partial charge in [-0.25, -0.2) is 4.79 Å². The van der Waals surface area contributed by atoms with Gasteiger partial charge in [0.05, 0.1) is 19.3 Å². The third-order valence-electron chi connectivity index (χ3n) is 5.11. The third-order valence-corrected chi connectivity index (χ3v) is 6.32. The molecule has 0 atom stereocenters. The molecule has 1 aromatic heterocycles. The first kappa shape index (κ1) is 22.6. The Morgan fingerprint density at radius 1 is 1.23 bits per heavy atom. The van der Waals surface area contributed by atoms with Crippen LogP contribution in [0.15, 0.2) is 29.8 Å². The zero-order chi connectivity index (χ0) is 22.2. The number of hydrogen-bond donors (Lipinski definition) is 1. The van der Waals surface area contributed by atoms with Crippen LogP contribution in [0.3, 0.4) is 0 Å². The minimum Gasteiger partial charge on any atom is -0.494 e. The minimum atomic E-state index is -0.547. The molecule has 31 heavy (non-hydrogen) atoms. The summed E-state index contributed by atoms with van der Waals surface area (Å²) in [5, 5.41) is 12.7. The van der Waals surface area contributed by atoms with Crippen LogP contribution in [0.1, 0.15) is 59.0 Å². The summed E-state index contributed by atoms with van der Waals surface area (Å²) in [5.74, 6) is -0.259. The van der Waals surface area contributed by atoms with Gasteiger partial charge in [0.15, 0.2) is 0 Å². The molecule has 1 aromatic carbocycles. The van der Waals surface area contributed by atoms with Gasteiger partial charge in [0, 0.05) is 4.88 Å². The van der Waals surface area contributed by atoms with Crippen molar-refractivity contribution >= 4 is 34.3 Å². The largest absolute Gasteiger partial charge is 0.494 e. The highest BCUT2D eigenvalue weighted by molar-refractivity contribution is 7.17. The third kappa shape index (κ3) is 5.53.